The van der Waals surface area contributed by atoms with Gasteiger partial charge in [0, 0.05) is 31.6 Å². The van der Waals surface area contributed by atoms with Crippen molar-refractivity contribution >= 4 is 18.3 Å². The van der Waals surface area contributed by atoms with Crippen molar-refractivity contribution in [1.82, 2.24) is 20.9 Å². The summed E-state index contributed by atoms with van der Waals surface area (Å²) >= 11 is 0. The molecule has 10 heteroatoms. The number of alkyl carbamates (subject to hydrolysis) is 2. The van der Waals surface area contributed by atoms with Crippen molar-refractivity contribution < 1.29 is 28.6 Å². The van der Waals surface area contributed by atoms with Crippen molar-refractivity contribution in [3.05, 3.63) is 11.6 Å². The molecule has 0 heterocycles. The van der Waals surface area contributed by atoms with Gasteiger partial charge < -0.3 is 35.1 Å². The molecule has 4 aliphatic carbocycles. The first kappa shape index (κ1) is 52.1. The third-order valence-electron chi connectivity index (χ3n) is 15.7. The van der Waals surface area contributed by atoms with E-state index >= 15 is 0 Å². The van der Waals surface area contributed by atoms with Crippen LogP contribution in [0.2, 0.25) is 0 Å². The zero-order valence-electron chi connectivity index (χ0n) is 42.0. The molecule has 3 saturated carbocycles. The summed E-state index contributed by atoms with van der Waals surface area (Å²) in [5.41, 5.74) is 1.12. The third-order valence-corrected chi connectivity index (χ3v) is 15.7. The minimum atomic E-state index is -0.578. The fraction of sp³-hybridized carbons (Fsp3) is 0.904. The Morgan fingerprint density at radius 1 is 0.758 bits per heavy atom. The van der Waals surface area contributed by atoms with Gasteiger partial charge in [-0.25, -0.2) is 14.4 Å². The van der Waals surface area contributed by atoms with E-state index in [0.717, 1.165) is 100.0 Å². The Morgan fingerprint density at radius 3 is 2.02 bits per heavy atom. The predicted octanol–water partition coefficient (Wildman–Crippen LogP) is 12.6. The molecule has 0 aromatic carbocycles. The van der Waals surface area contributed by atoms with Gasteiger partial charge in [-0.05, 0) is 184 Å². The highest BCUT2D eigenvalue weighted by Gasteiger charge is 2.59. The predicted molar refractivity (Wildman–Crippen MR) is 253 cm³/mol. The number of rotatable bonds is 21. The van der Waals surface area contributed by atoms with E-state index in [9.17, 15) is 14.4 Å². The van der Waals surface area contributed by atoms with Crippen molar-refractivity contribution in [3.63, 3.8) is 0 Å². The molecule has 0 saturated heterocycles. The molecular weight excluding hydrogens is 777 g/mol. The van der Waals surface area contributed by atoms with Gasteiger partial charge in [-0.2, -0.15) is 0 Å². The number of carbonyl (C=O) groups is 3. The molecule has 4 rings (SSSR count). The summed E-state index contributed by atoms with van der Waals surface area (Å²) in [6, 6.07) is -0.0672. The van der Waals surface area contributed by atoms with Crippen LogP contribution in [0, 0.1) is 46.3 Å². The smallest absolute Gasteiger partial charge is 0.410 e. The number of amides is 3. The van der Waals surface area contributed by atoms with Crippen LogP contribution in [0.3, 0.4) is 0 Å². The molecule has 0 radical (unpaired) electrons. The molecule has 0 aromatic heterocycles. The molecule has 0 spiro atoms. The molecule has 10 nitrogen and oxygen atoms in total. The summed E-state index contributed by atoms with van der Waals surface area (Å²) < 4.78 is 17.4. The van der Waals surface area contributed by atoms with E-state index in [4.69, 9.17) is 14.2 Å². The van der Waals surface area contributed by atoms with Gasteiger partial charge >= 0.3 is 18.3 Å². The Hall–Kier alpha value is -2.49. The van der Waals surface area contributed by atoms with E-state index in [1.54, 1.807) is 5.57 Å². The number of ether oxygens (including phenoxy) is 3. The Balaban J connectivity index is 1.33. The van der Waals surface area contributed by atoms with Crippen molar-refractivity contribution in [2.45, 2.75) is 229 Å². The van der Waals surface area contributed by atoms with Crippen LogP contribution in [-0.4, -0.2) is 78.7 Å². The summed E-state index contributed by atoms with van der Waals surface area (Å²) in [5, 5.41) is 9.55. The second-order valence-electron chi connectivity index (χ2n) is 23.1. The number of nitrogens with zero attached hydrogens (tertiary/aromatic N) is 1. The lowest BCUT2D eigenvalue weighted by molar-refractivity contribution is -0.0593. The molecule has 62 heavy (non-hydrogen) atoms. The fourth-order valence-corrected chi connectivity index (χ4v) is 12.2. The molecule has 4 aliphatic rings. The molecule has 10 atom stereocenters. The third kappa shape index (κ3) is 15.0. The van der Waals surface area contributed by atoms with Crippen LogP contribution in [-0.2, 0) is 14.2 Å². The van der Waals surface area contributed by atoms with Gasteiger partial charge in [0.15, 0.2) is 0 Å². The second-order valence-corrected chi connectivity index (χ2v) is 23.1. The van der Waals surface area contributed by atoms with Crippen LogP contribution in [0.15, 0.2) is 11.6 Å². The summed E-state index contributed by atoms with van der Waals surface area (Å²) in [6.07, 6.45) is 19.9. The first-order valence-corrected chi connectivity index (χ1v) is 25.4. The van der Waals surface area contributed by atoms with E-state index in [1.165, 1.54) is 51.4 Å². The highest BCUT2D eigenvalue weighted by Crippen LogP contribution is 2.67. The van der Waals surface area contributed by atoms with Crippen molar-refractivity contribution in [3.8, 4) is 0 Å². The van der Waals surface area contributed by atoms with Crippen LogP contribution in [0.1, 0.15) is 199 Å². The number of hydrogen-bond acceptors (Lipinski definition) is 7. The second kappa shape index (κ2) is 23.1. The number of carbonyl (C=O) groups excluding carboxylic acids is 3. The monoisotopic (exact) mass is 871 g/mol. The van der Waals surface area contributed by atoms with Gasteiger partial charge in [0.1, 0.15) is 17.3 Å². The largest absolute Gasteiger partial charge is 0.446 e. The molecule has 2 unspecified atom stereocenters. The van der Waals surface area contributed by atoms with E-state index in [1.807, 2.05) is 46.4 Å². The maximum Gasteiger partial charge on any atom is 0.410 e. The van der Waals surface area contributed by atoms with Crippen LogP contribution in [0.4, 0.5) is 14.4 Å². The maximum atomic E-state index is 14.1. The minimum absolute atomic E-state index is 0.0449. The number of nitrogens with one attached hydrogen (secondary N) is 3. The number of fused-ring (bicyclic) bond motifs is 5. The molecule has 3 amide bonds. The van der Waals surface area contributed by atoms with E-state index in [0.29, 0.717) is 24.9 Å². The van der Waals surface area contributed by atoms with Crippen LogP contribution >= 0.6 is 0 Å². The molecule has 3 N–H and O–H groups in total. The van der Waals surface area contributed by atoms with E-state index < -0.39 is 17.3 Å². The average Bonchev–Trinajstić information content (AvgIpc) is 3.53. The molecule has 0 bridgehead atoms. The first-order valence-electron chi connectivity index (χ1n) is 25.4. The first-order chi connectivity index (χ1) is 29.1. The van der Waals surface area contributed by atoms with Gasteiger partial charge in [0.25, 0.3) is 0 Å². The van der Waals surface area contributed by atoms with Gasteiger partial charge in [0.05, 0.1) is 0 Å². The van der Waals surface area contributed by atoms with Gasteiger partial charge in [-0.1, -0.05) is 79.4 Å². The zero-order chi connectivity index (χ0) is 45.9. The average molecular weight is 871 g/mol. The Morgan fingerprint density at radius 2 is 1.40 bits per heavy atom. The van der Waals surface area contributed by atoms with Crippen LogP contribution < -0.4 is 16.0 Å². The van der Waals surface area contributed by atoms with E-state index in [2.05, 4.69) is 70.5 Å². The van der Waals surface area contributed by atoms with Gasteiger partial charge in [-0.3, -0.25) is 0 Å². The summed E-state index contributed by atoms with van der Waals surface area (Å²) in [5.74, 6) is 4.82. The molecule has 358 valence electrons. The highest BCUT2D eigenvalue weighted by molar-refractivity contribution is 5.69. The van der Waals surface area contributed by atoms with Crippen molar-refractivity contribution in [2.24, 2.45) is 46.3 Å². The van der Waals surface area contributed by atoms with Crippen LogP contribution in [0.5, 0.6) is 0 Å². The lowest BCUT2D eigenvalue weighted by Gasteiger charge is -2.58. The lowest BCUT2D eigenvalue weighted by atomic mass is 9.47. The number of allylic oxidation sites excluding steroid dienone is 1. The fourth-order valence-electron chi connectivity index (χ4n) is 12.2. The zero-order valence-corrected chi connectivity index (χ0v) is 42.0. The SMILES string of the molecule is CCC(CCNCCCCN(CCC(CC)NC(=O)OC(C)(C)C)C(=O)O[C@H]1CC[C@@]2(C)C(=CC[C@H]3[C@@H]4CC[C@H]([C@H](C)CCCC(C)C)[C@@]4(C)CC[C@@H]32)C1)NC(=O)OC(C)(C)C. The Bertz CT molecular complexity index is 1450. The molecule has 0 aliphatic heterocycles. The van der Waals surface area contributed by atoms with Crippen molar-refractivity contribution in [2.75, 3.05) is 26.2 Å². The van der Waals surface area contributed by atoms with Gasteiger partial charge in [-0.15, -0.1) is 0 Å². The highest BCUT2D eigenvalue weighted by atomic mass is 16.6. The number of unbranched alkanes of at least 4 members (excludes halogenated alkanes) is 1. The van der Waals surface area contributed by atoms with Crippen LogP contribution in [0.25, 0.3) is 0 Å². The minimum Gasteiger partial charge on any atom is -0.446 e. The Kier molecular flexibility index (Phi) is 19.4. The normalized spacial score (nSPS) is 28.7. The van der Waals surface area contributed by atoms with Gasteiger partial charge in [0.2, 0.25) is 0 Å². The maximum absolute atomic E-state index is 14.1. The molecular formula is C52H94N4O6. The molecule has 3 fully saturated rings. The molecule has 0 aromatic rings. The number of hydrogen-bond donors (Lipinski definition) is 3. The Labute approximate surface area is 379 Å². The topological polar surface area (TPSA) is 118 Å². The summed E-state index contributed by atoms with van der Waals surface area (Å²) in [4.78, 5) is 40.9. The summed E-state index contributed by atoms with van der Waals surface area (Å²) in [6.45, 7) is 30.6. The lowest BCUT2D eigenvalue weighted by Crippen LogP contribution is -2.51. The van der Waals surface area contributed by atoms with E-state index in [-0.39, 0.29) is 35.8 Å². The summed E-state index contributed by atoms with van der Waals surface area (Å²) in [7, 11) is 0. The standard InChI is InChI=1S/C52H94N4O6/c1-14-39(54-46(57)61-49(6,7)8)27-32-53-31-16-17-33-56(34-28-40(15-2)55-47(58)62-50(9,10)11)48(59)60-41-25-29-51(12)38(35-41)21-22-42-44-24-23-43(37(5)20-18-19-36(3)4)52(44,13)30-26-45(42)51/h21,36-37,39-45,53H,14-20,22-35H2,1-13H3,(H,54,57)(H,55,58)/t37-,39?,40?,41+,42+,43-,44+,45+,51+,52-/m1/s1. The quantitative estimate of drug-likeness (QED) is 0.0597. The van der Waals surface area contributed by atoms with Crippen molar-refractivity contribution in [1.29, 1.82) is 0 Å².